The maximum atomic E-state index is 11.7. The lowest BCUT2D eigenvalue weighted by atomic mass is 10.2. The number of halogens is 2. The van der Waals surface area contributed by atoms with Crippen molar-refractivity contribution in [1.82, 2.24) is 10.7 Å². The first-order chi connectivity index (χ1) is 12.0. The van der Waals surface area contributed by atoms with E-state index in [1.165, 1.54) is 13.3 Å². The number of hydrogen-bond donors (Lipinski definition) is 2. The van der Waals surface area contributed by atoms with Gasteiger partial charge < -0.3 is 10.1 Å². The lowest BCUT2D eigenvalue weighted by Crippen LogP contribution is -2.37. The van der Waals surface area contributed by atoms with Crippen LogP contribution in [0.4, 0.5) is 0 Å². The molecule has 0 heterocycles. The van der Waals surface area contributed by atoms with Crippen molar-refractivity contribution < 1.29 is 14.3 Å². The summed E-state index contributed by atoms with van der Waals surface area (Å²) < 4.78 is 6.02. The first-order valence-electron chi connectivity index (χ1n) is 7.19. The maximum Gasteiger partial charge on any atom is 0.329 e. The van der Waals surface area contributed by atoms with Gasteiger partial charge in [0, 0.05) is 21.6 Å². The van der Waals surface area contributed by atoms with Crippen LogP contribution < -0.4 is 15.5 Å². The van der Waals surface area contributed by atoms with Crippen LogP contribution in [0.2, 0.25) is 5.02 Å². The number of hydrazone groups is 1. The van der Waals surface area contributed by atoms with E-state index in [1.54, 1.807) is 36.4 Å². The SMILES string of the molecule is COc1ccc(Br)cc1/C=N/NC(=O)C(=O)NCc1ccc(Cl)cc1. The molecule has 2 aromatic carbocycles. The summed E-state index contributed by atoms with van der Waals surface area (Å²) in [5, 5.41) is 6.88. The van der Waals surface area contributed by atoms with E-state index in [2.05, 4.69) is 31.8 Å². The Hall–Kier alpha value is -2.38. The van der Waals surface area contributed by atoms with Gasteiger partial charge in [-0.3, -0.25) is 9.59 Å². The largest absolute Gasteiger partial charge is 0.496 e. The molecule has 6 nitrogen and oxygen atoms in total. The van der Waals surface area contributed by atoms with Crippen molar-refractivity contribution in [3.63, 3.8) is 0 Å². The third-order valence-corrected chi connectivity index (χ3v) is 3.88. The molecule has 0 aliphatic rings. The van der Waals surface area contributed by atoms with Crippen LogP contribution in [0.1, 0.15) is 11.1 Å². The topological polar surface area (TPSA) is 79.8 Å². The first kappa shape index (κ1) is 19.0. The zero-order valence-electron chi connectivity index (χ0n) is 13.3. The summed E-state index contributed by atoms with van der Waals surface area (Å²) in [6.45, 7) is 0.215. The number of nitrogens with zero attached hydrogens (tertiary/aromatic N) is 1. The Balaban J connectivity index is 1.87. The Morgan fingerprint density at radius 1 is 1.20 bits per heavy atom. The summed E-state index contributed by atoms with van der Waals surface area (Å²) in [4.78, 5) is 23.5. The Bertz CT molecular complexity index is 794. The van der Waals surface area contributed by atoms with Crippen molar-refractivity contribution in [2.75, 3.05) is 7.11 Å². The summed E-state index contributed by atoms with van der Waals surface area (Å²) in [7, 11) is 1.53. The number of rotatable bonds is 5. The van der Waals surface area contributed by atoms with Crippen LogP contribution in [0.15, 0.2) is 52.0 Å². The normalized spacial score (nSPS) is 10.5. The fourth-order valence-corrected chi connectivity index (χ4v) is 2.39. The molecule has 0 aliphatic carbocycles. The summed E-state index contributed by atoms with van der Waals surface area (Å²) in [6.07, 6.45) is 1.40. The molecule has 2 N–H and O–H groups in total. The van der Waals surface area contributed by atoms with Gasteiger partial charge in [0.15, 0.2) is 0 Å². The number of amides is 2. The molecular formula is C17H15BrClN3O3. The number of nitrogens with one attached hydrogen (secondary N) is 2. The molecule has 0 saturated heterocycles. The second-order valence-corrected chi connectivity index (χ2v) is 6.25. The van der Waals surface area contributed by atoms with E-state index in [4.69, 9.17) is 16.3 Å². The van der Waals surface area contributed by atoms with Crippen LogP contribution in [0.25, 0.3) is 0 Å². The lowest BCUT2D eigenvalue weighted by Gasteiger charge is -2.05. The standard InChI is InChI=1S/C17H15BrClN3O3/c1-25-15-7-4-13(18)8-12(15)10-21-22-17(24)16(23)20-9-11-2-5-14(19)6-3-11/h2-8,10H,9H2,1H3,(H,20,23)(H,22,24)/b21-10+. The van der Waals surface area contributed by atoms with Gasteiger partial charge in [-0.1, -0.05) is 39.7 Å². The van der Waals surface area contributed by atoms with Gasteiger partial charge in [0.05, 0.1) is 13.3 Å². The Labute approximate surface area is 158 Å². The van der Waals surface area contributed by atoms with Crippen molar-refractivity contribution in [1.29, 1.82) is 0 Å². The number of methoxy groups -OCH3 is 1. The van der Waals surface area contributed by atoms with Gasteiger partial charge in [-0.2, -0.15) is 5.10 Å². The second-order valence-electron chi connectivity index (χ2n) is 4.89. The minimum absolute atomic E-state index is 0.215. The van der Waals surface area contributed by atoms with Crippen molar-refractivity contribution in [3.8, 4) is 5.75 Å². The van der Waals surface area contributed by atoms with Crippen molar-refractivity contribution in [2.24, 2.45) is 5.10 Å². The van der Waals surface area contributed by atoms with Crippen molar-refractivity contribution in [3.05, 3.63) is 63.1 Å². The molecule has 0 bridgehead atoms. The quantitative estimate of drug-likeness (QED) is 0.440. The van der Waals surface area contributed by atoms with Crippen molar-refractivity contribution >= 4 is 45.6 Å². The monoisotopic (exact) mass is 423 g/mol. The zero-order valence-corrected chi connectivity index (χ0v) is 15.6. The molecule has 8 heteroatoms. The molecule has 0 spiro atoms. The molecular weight excluding hydrogens is 410 g/mol. The number of ether oxygens (including phenoxy) is 1. The summed E-state index contributed by atoms with van der Waals surface area (Å²) in [6, 6.07) is 12.3. The smallest absolute Gasteiger partial charge is 0.329 e. The van der Waals surface area contributed by atoms with Crippen molar-refractivity contribution in [2.45, 2.75) is 6.54 Å². The molecule has 130 valence electrons. The van der Waals surface area contributed by atoms with E-state index >= 15 is 0 Å². The van der Waals surface area contributed by atoms with E-state index in [-0.39, 0.29) is 6.54 Å². The molecule has 0 saturated carbocycles. The van der Waals surface area contributed by atoms with Crippen LogP contribution in [0, 0.1) is 0 Å². The van der Waals surface area contributed by atoms with Gasteiger partial charge in [-0.05, 0) is 35.9 Å². The minimum atomic E-state index is -0.862. The highest BCUT2D eigenvalue weighted by Gasteiger charge is 2.12. The second kappa shape index (κ2) is 9.19. The molecule has 2 aromatic rings. The molecule has 0 aromatic heterocycles. The summed E-state index contributed by atoms with van der Waals surface area (Å²) in [5.41, 5.74) is 3.65. The molecule has 2 rings (SSSR count). The first-order valence-corrected chi connectivity index (χ1v) is 8.36. The van der Waals surface area contributed by atoms with Crippen LogP contribution in [0.3, 0.4) is 0 Å². The van der Waals surface area contributed by atoms with Crippen LogP contribution in [-0.2, 0) is 16.1 Å². The molecule has 0 radical (unpaired) electrons. The van der Waals surface area contributed by atoms with E-state index < -0.39 is 11.8 Å². The molecule has 0 atom stereocenters. The molecule has 0 aliphatic heterocycles. The van der Waals surface area contributed by atoms with Gasteiger partial charge in [0.1, 0.15) is 5.75 Å². The Kier molecular flexibility index (Phi) is 6.97. The predicted molar refractivity (Wildman–Crippen MR) is 99.7 cm³/mol. The average Bonchev–Trinajstić information content (AvgIpc) is 2.61. The van der Waals surface area contributed by atoms with E-state index in [0.717, 1.165) is 10.0 Å². The number of carbonyl (C=O) groups is 2. The van der Waals surface area contributed by atoms with E-state index in [0.29, 0.717) is 16.3 Å². The highest BCUT2D eigenvalue weighted by molar-refractivity contribution is 9.10. The van der Waals surface area contributed by atoms with Gasteiger partial charge in [0.2, 0.25) is 0 Å². The van der Waals surface area contributed by atoms with Crippen LogP contribution >= 0.6 is 27.5 Å². The Morgan fingerprint density at radius 2 is 1.92 bits per heavy atom. The minimum Gasteiger partial charge on any atom is -0.496 e. The van der Waals surface area contributed by atoms with Gasteiger partial charge in [0.25, 0.3) is 0 Å². The molecule has 0 fully saturated rings. The Morgan fingerprint density at radius 3 is 2.60 bits per heavy atom. The third-order valence-electron chi connectivity index (χ3n) is 3.13. The maximum absolute atomic E-state index is 11.7. The predicted octanol–water partition coefficient (Wildman–Crippen LogP) is 2.88. The van der Waals surface area contributed by atoms with Gasteiger partial charge in [-0.25, -0.2) is 5.43 Å². The summed E-state index contributed by atoms with van der Waals surface area (Å²) in [5.74, 6) is -1.05. The summed E-state index contributed by atoms with van der Waals surface area (Å²) >= 11 is 9.12. The highest BCUT2D eigenvalue weighted by Crippen LogP contribution is 2.21. The number of benzene rings is 2. The number of hydrogen-bond acceptors (Lipinski definition) is 4. The van der Waals surface area contributed by atoms with Crippen LogP contribution in [0.5, 0.6) is 5.75 Å². The van der Waals surface area contributed by atoms with Gasteiger partial charge >= 0.3 is 11.8 Å². The lowest BCUT2D eigenvalue weighted by molar-refractivity contribution is -0.139. The fourth-order valence-electron chi connectivity index (χ4n) is 1.88. The molecule has 25 heavy (non-hydrogen) atoms. The molecule has 0 unspecified atom stereocenters. The third kappa shape index (κ3) is 5.88. The fraction of sp³-hybridized carbons (Fsp3) is 0.118. The van der Waals surface area contributed by atoms with Gasteiger partial charge in [-0.15, -0.1) is 0 Å². The van der Waals surface area contributed by atoms with E-state index in [1.807, 2.05) is 6.07 Å². The highest BCUT2D eigenvalue weighted by atomic mass is 79.9. The average molecular weight is 425 g/mol. The van der Waals surface area contributed by atoms with E-state index in [9.17, 15) is 9.59 Å². The van der Waals surface area contributed by atoms with Crippen LogP contribution in [-0.4, -0.2) is 25.1 Å². The number of carbonyl (C=O) groups excluding carboxylic acids is 2. The zero-order chi connectivity index (χ0) is 18.2. The molecule has 2 amide bonds.